The Bertz CT molecular complexity index is 321. The number of carbonyl (C=O) groups is 2. The minimum Gasteiger partial charge on any atom is -0.480 e. The van der Waals surface area contributed by atoms with Crippen molar-refractivity contribution >= 4 is 12.0 Å². The number of hydrogen-bond donors (Lipinski definition) is 2. The number of carboxylic acids is 1. The second kappa shape index (κ2) is 6.04. The molecule has 1 aliphatic rings. The van der Waals surface area contributed by atoms with Crippen LogP contribution in [0.2, 0.25) is 0 Å². The Morgan fingerprint density at radius 1 is 1.50 bits per heavy atom. The number of β-amino-alcohol motifs (C(OH)–C–C–N with tert-alkyl or cyclic N) is 1. The van der Waals surface area contributed by atoms with Crippen LogP contribution in [-0.2, 0) is 4.79 Å². The molecule has 0 bridgehead atoms. The van der Waals surface area contributed by atoms with Crippen LogP contribution in [0, 0.1) is 5.92 Å². The molecule has 1 fully saturated rings. The summed E-state index contributed by atoms with van der Waals surface area (Å²) in [5.74, 6) is -0.688. The summed E-state index contributed by atoms with van der Waals surface area (Å²) in [6.07, 6.45) is 0.327. The highest BCUT2D eigenvalue weighted by Gasteiger charge is 2.40. The standard InChI is InChI=1S/C12H22N2O4/c1-4-8(2)6-13(3)12(18)14-7-9(15)5-10(14)11(16)17/h8-10,15H,4-7H2,1-3H3,(H,16,17)/t8?,9?,10-/m0/s1. The van der Waals surface area contributed by atoms with E-state index in [2.05, 4.69) is 0 Å². The number of urea groups is 1. The van der Waals surface area contributed by atoms with Gasteiger partial charge in [0.15, 0.2) is 0 Å². The molecule has 0 aliphatic carbocycles. The number of rotatable bonds is 4. The number of aliphatic hydroxyl groups excluding tert-OH is 1. The molecule has 1 heterocycles. The summed E-state index contributed by atoms with van der Waals surface area (Å²) in [5, 5.41) is 18.5. The second-order valence-corrected chi connectivity index (χ2v) is 5.07. The van der Waals surface area contributed by atoms with E-state index in [1.807, 2.05) is 13.8 Å². The normalized spacial score (nSPS) is 25.0. The van der Waals surface area contributed by atoms with Gasteiger partial charge >= 0.3 is 12.0 Å². The number of hydrogen-bond acceptors (Lipinski definition) is 3. The Morgan fingerprint density at radius 2 is 2.11 bits per heavy atom. The van der Waals surface area contributed by atoms with Gasteiger partial charge < -0.3 is 20.0 Å². The van der Waals surface area contributed by atoms with Crippen LogP contribution in [0.3, 0.4) is 0 Å². The lowest BCUT2D eigenvalue weighted by Crippen LogP contribution is -2.47. The Morgan fingerprint density at radius 3 is 2.61 bits per heavy atom. The summed E-state index contributed by atoms with van der Waals surface area (Å²) in [6, 6.07) is -1.23. The predicted molar refractivity (Wildman–Crippen MR) is 66.2 cm³/mol. The number of aliphatic hydroxyl groups is 1. The molecule has 1 rings (SSSR count). The SMILES string of the molecule is CCC(C)CN(C)C(=O)N1CC(O)C[C@H]1C(=O)O. The molecule has 0 spiro atoms. The van der Waals surface area contributed by atoms with Gasteiger partial charge in [-0.15, -0.1) is 0 Å². The fourth-order valence-electron chi connectivity index (χ4n) is 2.15. The molecule has 6 heteroatoms. The quantitative estimate of drug-likeness (QED) is 0.774. The van der Waals surface area contributed by atoms with Gasteiger partial charge in [-0.25, -0.2) is 9.59 Å². The fourth-order valence-corrected chi connectivity index (χ4v) is 2.15. The van der Waals surface area contributed by atoms with E-state index in [0.717, 1.165) is 6.42 Å². The number of aliphatic carboxylic acids is 1. The second-order valence-electron chi connectivity index (χ2n) is 5.07. The van der Waals surface area contributed by atoms with Crippen LogP contribution >= 0.6 is 0 Å². The summed E-state index contributed by atoms with van der Waals surface area (Å²) < 4.78 is 0. The summed E-state index contributed by atoms with van der Waals surface area (Å²) in [6.45, 7) is 4.77. The van der Waals surface area contributed by atoms with E-state index in [1.54, 1.807) is 7.05 Å². The topological polar surface area (TPSA) is 81.1 Å². The molecule has 2 N–H and O–H groups in total. The molecule has 2 amide bonds. The molecule has 2 unspecified atom stereocenters. The van der Waals surface area contributed by atoms with Gasteiger partial charge in [-0.1, -0.05) is 20.3 Å². The van der Waals surface area contributed by atoms with Crippen molar-refractivity contribution < 1.29 is 19.8 Å². The Hall–Kier alpha value is -1.30. The van der Waals surface area contributed by atoms with Crippen molar-refractivity contribution in [1.82, 2.24) is 9.80 Å². The molecule has 0 aromatic heterocycles. The summed E-state index contributed by atoms with van der Waals surface area (Å²) in [4.78, 5) is 25.9. The van der Waals surface area contributed by atoms with Gasteiger partial charge in [0, 0.05) is 26.6 Å². The van der Waals surface area contributed by atoms with Gasteiger partial charge in [-0.2, -0.15) is 0 Å². The smallest absolute Gasteiger partial charge is 0.326 e. The predicted octanol–water partition coefficient (Wildman–Crippen LogP) is 0.604. The number of carbonyl (C=O) groups excluding carboxylic acids is 1. The first-order chi connectivity index (χ1) is 8.36. The molecule has 0 radical (unpaired) electrons. The van der Waals surface area contributed by atoms with Gasteiger partial charge in [0.05, 0.1) is 6.10 Å². The maximum atomic E-state index is 12.1. The zero-order valence-electron chi connectivity index (χ0n) is 11.2. The Kier molecular flexibility index (Phi) is 4.95. The van der Waals surface area contributed by atoms with Crippen molar-refractivity contribution in [2.24, 2.45) is 5.92 Å². The molecule has 0 saturated carbocycles. The molecular weight excluding hydrogens is 236 g/mol. The van der Waals surface area contributed by atoms with Crippen molar-refractivity contribution in [2.45, 2.75) is 38.8 Å². The fraction of sp³-hybridized carbons (Fsp3) is 0.833. The van der Waals surface area contributed by atoms with E-state index in [9.17, 15) is 14.7 Å². The van der Waals surface area contributed by atoms with Crippen molar-refractivity contribution in [1.29, 1.82) is 0 Å². The lowest BCUT2D eigenvalue weighted by molar-refractivity contribution is -0.141. The van der Waals surface area contributed by atoms with Gasteiger partial charge in [-0.05, 0) is 5.92 Å². The van der Waals surface area contributed by atoms with Crippen LogP contribution in [0.1, 0.15) is 26.7 Å². The highest BCUT2D eigenvalue weighted by Crippen LogP contribution is 2.20. The van der Waals surface area contributed by atoms with Crippen molar-refractivity contribution in [3.05, 3.63) is 0 Å². The number of amides is 2. The lowest BCUT2D eigenvalue weighted by Gasteiger charge is -2.28. The molecule has 6 nitrogen and oxygen atoms in total. The highest BCUT2D eigenvalue weighted by atomic mass is 16.4. The number of carboxylic acid groups (broad SMARTS) is 1. The Balaban J connectivity index is 2.67. The molecule has 3 atom stereocenters. The van der Waals surface area contributed by atoms with Gasteiger partial charge in [0.25, 0.3) is 0 Å². The molecule has 1 aliphatic heterocycles. The van der Waals surface area contributed by atoms with Crippen molar-refractivity contribution in [3.63, 3.8) is 0 Å². The van der Waals surface area contributed by atoms with E-state index in [4.69, 9.17) is 5.11 Å². The lowest BCUT2D eigenvalue weighted by atomic mass is 10.1. The molecule has 18 heavy (non-hydrogen) atoms. The summed E-state index contributed by atoms with van der Waals surface area (Å²) in [5.41, 5.74) is 0. The first-order valence-corrected chi connectivity index (χ1v) is 6.29. The maximum Gasteiger partial charge on any atom is 0.326 e. The van der Waals surface area contributed by atoms with Crippen molar-refractivity contribution in [3.8, 4) is 0 Å². The zero-order valence-corrected chi connectivity index (χ0v) is 11.2. The molecule has 1 saturated heterocycles. The van der Waals surface area contributed by atoms with Crippen molar-refractivity contribution in [2.75, 3.05) is 20.1 Å². The minimum atomic E-state index is -1.06. The average molecular weight is 258 g/mol. The third-order valence-corrected chi connectivity index (χ3v) is 3.42. The van der Waals surface area contributed by atoms with Gasteiger partial charge in [0.2, 0.25) is 0 Å². The van der Waals surface area contributed by atoms with E-state index in [-0.39, 0.29) is 19.0 Å². The largest absolute Gasteiger partial charge is 0.480 e. The molecule has 0 aromatic carbocycles. The molecule has 104 valence electrons. The highest BCUT2D eigenvalue weighted by molar-refractivity contribution is 5.83. The number of nitrogens with zero attached hydrogens (tertiary/aromatic N) is 2. The van der Waals surface area contributed by atoms with Crippen LogP contribution in [0.15, 0.2) is 0 Å². The van der Waals surface area contributed by atoms with E-state index >= 15 is 0 Å². The monoisotopic (exact) mass is 258 g/mol. The summed E-state index contributed by atoms with van der Waals surface area (Å²) >= 11 is 0. The molecule has 0 aromatic rings. The zero-order chi connectivity index (χ0) is 13.9. The average Bonchev–Trinajstić information content (AvgIpc) is 2.70. The number of likely N-dealkylation sites (tertiary alicyclic amines) is 1. The first kappa shape index (κ1) is 14.8. The van der Waals surface area contributed by atoms with E-state index in [0.29, 0.717) is 12.5 Å². The summed E-state index contributed by atoms with van der Waals surface area (Å²) in [7, 11) is 1.66. The first-order valence-electron chi connectivity index (χ1n) is 6.29. The third kappa shape index (κ3) is 3.35. The van der Waals surface area contributed by atoms with E-state index < -0.39 is 18.1 Å². The maximum absolute atomic E-state index is 12.1. The molecular formula is C12H22N2O4. The van der Waals surface area contributed by atoms with Crippen LogP contribution in [0.4, 0.5) is 4.79 Å². The van der Waals surface area contributed by atoms with Crippen LogP contribution < -0.4 is 0 Å². The Labute approximate surface area is 107 Å². The van der Waals surface area contributed by atoms with Gasteiger partial charge in [-0.3, -0.25) is 0 Å². The minimum absolute atomic E-state index is 0.0979. The van der Waals surface area contributed by atoms with Crippen LogP contribution in [-0.4, -0.2) is 64.3 Å². The third-order valence-electron chi connectivity index (χ3n) is 3.42. The van der Waals surface area contributed by atoms with Gasteiger partial charge in [0.1, 0.15) is 6.04 Å². The van der Waals surface area contributed by atoms with E-state index in [1.165, 1.54) is 9.80 Å². The van der Waals surface area contributed by atoms with Crippen LogP contribution in [0.25, 0.3) is 0 Å². The van der Waals surface area contributed by atoms with Crippen LogP contribution in [0.5, 0.6) is 0 Å².